The number of carbonyl (C=O) groups is 1. The van der Waals surface area contributed by atoms with Gasteiger partial charge in [0.15, 0.2) is 0 Å². The molecule has 4 rings (SSSR count). The molecule has 1 aliphatic rings. The first-order valence-corrected chi connectivity index (χ1v) is 12.9. The van der Waals surface area contributed by atoms with E-state index in [9.17, 15) is 13.2 Å². The van der Waals surface area contributed by atoms with Gasteiger partial charge in [0, 0.05) is 25.7 Å². The van der Waals surface area contributed by atoms with Gasteiger partial charge < -0.3 is 14.2 Å². The van der Waals surface area contributed by atoms with Crippen molar-refractivity contribution in [1.29, 1.82) is 0 Å². The van der Waals surface area contributed by atoms with Crippen LogP contribution in [0.3, 0.4) is 0 Å². The van der Waals surface area contributed by atoms with Crippen molar-refractivity contribution in [2.45, 2.75) is 37.5 Å². The fraction of sp³-hybridized carbons (Fsp3) is 0.360. The first kappa shape index (κ1) is 23.8. The number of aryl methyl sites for hydroxylation is 2. The lowest BCUT2D eigenvalue weighted by molar-refractivity contribution is 0.0600. The molecule has 0 aliphatic carbocycles. The summed E-state index contributed by atoms with van der Waals surface area (Å²) in [7, 11) is -0.810. The molecule has 9 heteroatoms. The molecular weight excluding hydrogens is 452 g/mol. The largest absolute Gasteiger partial charge is 0.465 e. The molecule has 2 aromatic carbocycles. The van der Waals surface area contributed by atoms with E-state index in [1.807, 2.05) is 36.7 Å². The maximum absolute atomic E-state index is 13.6. The number of imidazole rings is 1. The number of benzene rings is 2. The highest BCUT2D eigenvalue weighted by Crippen LogP contribution is 2.35. The van der Waals surface area contributed by atoms with Gasteiger partial charge >= 0.3 is 5.97 Å². The van der Waals surface area contributed by atoms with E-state index in [2.05, 4.69) is 14.6 Å². The number of esters is 1. The van der Waals surface area contributed by atoms with Crippen molar-refractivity contribution < 1.29 is 17.9 Å². The van der Waals surface area contributed by atoms with Crippen LogP contribution in [-0.2, 0) is 28.2 Å². The van der Waals surface area contributed by atoms with Crippen LogP contribution in [-0.4, -0.2) is 44.1 Å². The number of nitrogens with one attached hydrogen (secondary N) is 1. The van der Waals surface area contributed by atoms with Gasteiger partial charge in [0.25, 0.3) is 10.0 Å². The summed E-state index contributed by atoms with van der Waals surface area (Å²) in [5.41, 5.74) is 3.91. The SMILES string of the molecule is CCc1ccc(C(=O)OC)cc1S(=O)(=O)Nc1cc(-c2cncn2C)ccc1N1CCCCC1. The number of hydrogen-bond acceptors (Lipinski definition) is 6. The van der Waals surface area contributed by atoms with Gasteiger partial charge in [0.1, 0.15) is 0 Å². The molecule has 0 bridgehead atoms. The van der Waals surface area contributed by atoms with E-state index in [1.54, 1.807) is 24.7 Å². The summed E-state index contributed by atoms with van der Waals surface area (Å²) in [5.74, 6) is -0.577. The van der Waals surface area contributed by atoms with Gasteiger partial charge in [0.2, 0.25) is 0 Å². The predicted octanol–water partition coefficient (Wildman–Crippen LogP) is 4.23. The van der Waals surface area contributed by atoms with Gasteiger partial charge in [0.05, 0.1) is 47.2 Å². The monoisotopic (exact) mass is 482 g/mol. The Morgan fingerprint density at radius 3 is 2.53 bits per heavy atom. The molecule has 3 aromatic rings. The molecule has 1 fully saturated rings. The Morgan fingerprint density at radius 2 is 1.88 bits per heavy atom. The van der Waals surface area contributed by atoms with Crippen LogP contribution < -0.4 is 9.62 Å². The minimum absolute atomic E-state index is 0.0773. The Labute approximate surface area is 200 Å². The lowest BCUT2D eigenvalue weighted by Crippen LogP contribution is -2.30. The summed E-state index contributed by atoms with van der Waals surface area (Å²) >= 11 is 0. The standard InChI is InChI=1S/C25H30N4O4S/c1-4-18-8-9-20(25(30)33-3)15-24(18)34(31,32)27-21-14-19(23-16-26-17-28(23)2)10-11-22(21)29-12-6-5-7-13-29/h8-11,14-17,27H,4-7,12-13H2,1-3H3. The van der Waals surface area contributed by atoms with Crippen molar-refractivity contribution in [3.63, 3.8) is 0 Å². The lowest BCUT2D eigenvalue weighted by atomic mass is 10.1. The molecule has 0 radical (unpaired) electrons. The van der Waals surface area contributed by atoms with Crippen LogP contribution in [0.25, 0.3) is 11.3 Å². The van der Waals surface area contributed by atoms with E-state index in [0.717, 1.165) is 42.9 Å². The number of sulfonamides is 1. The number of rotatable bonds is 7. The van der Waals surface area contributed by atoms with Crippen LogP contribution in [0.2, 0.25) is 0 Å². The van der Waals surface area contributed by atoms with Crippen molar-refractivity contribution in [3.05, 3.63) is 60.0 Å². The van der Waals surface area contributed by atoms with E-state index in [1.165, 1.54) is 19.6 Å². The third-order valence-corrected chi connectivity index (χ3v) is 7.66. The summed E-state index contributed by atoms with van der Waals surface area (Å²) in [6.45, 7) is 3.63. The van der Waals surface area contributed by atoms with E-state index >= 15 is 0 Å². The molecular formula is C25H30N4O4S. The van der Waals surface area contributed by atoms with E-state index in [0.29, 0.717) is 17.7 Å². The Balaban J connectivity index is 1.80. The number of methoxy groups -OCH3 is 1. The van der Waals surface area contributed by atoms with Crippen LogP contribution in [0.1, 0.15) is 42.1 Å². The lowest BCUT2D eigenvalue weighted by Gasteiger charge is -2.31. The van der Waals surface area contributed by atoms with Crippen LogP contribution in [0.4, 0.5) is 11.4 Å². The molecule has 0 spiro atoms. The number of hydrogen-bond donors (Lipinski definition) is 1. The molecule has 180 valence electrons. The van der Waals surface area contributed by atoms with Gasteiger partial charge in [-0.2, -0.15) is 0 Å². The van der Waals surface area contributed by atoms with Crippen LogP contribution >= 0.6 is 0 Å². The second-order valence-corrected chi connectivity index (χ2v) is 10.1. The summed E-state index contributed by atoms with van der Waals surface area (Å²) in [6.07, 6.45) is 7.27. The summed E-state index contributed by atoms with van der Waals surface area (Å²) < 4.78 is 36.8. The van der Waals surface area contributed by atoms with Crippen molar-refractivity contribution in [2.24, 2.45) is 7.05 Å². The predicted molar refractivity (Wildman–Crippen MR) is 133 cm³/mol. The van der Waals surface area contributed by atoms with Crippen LogP contribution in [0.15, 0.2) is 53.8 Å². The third-order valence-electron chi connectivity index (χ3n) is 6.21. The Bertz CT molecular complexity index is 1290. The molecule has 0 atom stereocenters. The fourth-order valence-corrected chi connectivity index (χ4v) is 5.77. The Kier molecular flexibility index (Phi) is 6.92. The van der Waals surface area contributed by atoms with Crippen molar-refractivity contribution in [2.75, 3.05) is 29.8 Å². The Morgan fingerprint density at radius 1 is 1.12 bits per heavy atom. The zero-order valence-corrected chi connectivity index (χ0v) is 20.6. The second kappa shape index (κ2) is 9.89. The smallest absolute Gasteiger partial charge is 0.337 e. The quantitative estimate of drug-likeness (QED) is 0.507. The summed E-state index contributed by atoms with van der Waals surface area (Å²) in [4.78, 5) is 18.6. The molecule has 1 aromatic heterocycles. The molecule has 1 N–H and O–H groups in total. The van der Waals surface area contributed by atoms with Gasteiger partial charge in [-0.15, -0.1) is 0 Å². The molecule has 1 saturated heterocycles. The zero-order chi connectivity index (χ0) is 24.3. The highest BCUT2D eigenvalue weighted by Gasteiger charge is 2.24. The number of anilines is 2. The number of nitrogens with zero attached hydrogens (tertiary/aromatic N) is 3. The van der Waals surface area contributed by atoms with Crippen molar-refractivity contribution in [1.82, 2.24) is 9.55 Å². The van der Waals surface area contributed by atoms with Crippen molar-refractivity contribution >= 4 is 27.4 Å². The average Bonchev–Trinajstić information content (AvgIpc) is 3.29. The Hall–Kier alpha value is -3.33. The topological polar surface area (TPSA) is 93.5 Å². The van der Waals surface area contributed by atoms with Crippen molar-refractivity contribution in [3.8, 4) is 11.3 Å². The van der Waals surface area contributed by atoms with Gasteiger partial charge in [-0.3, -0.25) is 4.72 Å². The normalized spacial score (nSPS) is 14.1. The van der Waals surface area contributed by atoms with Gasteiger partial charge in [-0.1, -0.05) is 19.1 Å². The van der Waals surface area contributed by atoms with Crippen LogP contribution in [0, 0.1) is 0 Å². The highest BCUT2D eigenvalue weighted by atomic mass is 32.2. The molecule has 1 aliphatic heterocycles. The third kappa shape index (κ3) is 4.79. The number of aromatic nitrogens is 2. The summed E-state index contributed by atoms with van der Waals surface area (Å²) in [6, 6.07) is 10.5. The average molecular weight is 483 g/mol. The number of ether oxygens (including phenoxy) is 1. The second-order valence-electron chi connectivity index (χ2n) is 8.44. The first-order chi connectivity index (χ1) is 16.3. The van der Waals surface area contributed by atoms with E-state index < -0.39 is 16.0 Å². The maximum Gasteiger partial charge on any atom is 0.337 e. The van der Waals surface area contributed by atoms with Gasteiger partial charge in [-0.25, -0.2) is 18.2 Å². The van der Waals surface area contributed by atoms with E-state index in [4.69, 9.17) is 4.74 Å². The van der Waals surface area contributed by atoms with Gasteiger partial charge in [-0.05, 0) is 55.5 Å². The summed E-state index contributed by atoms with van der Waals surface area (Å²) in [5, 5.41) is 0. The highest BCUT2D eigenvalue weighted by molar-refractivity contribution is 7.92. The molecule has 0 saturated carbocycles. The first-order valence-electron chi connectivity index (χ1n) is 11.4. The fourth-order valence-electron chi connectivity index (χ4n) is 4.36. The molecule has 2 heterocycles. The van der Waals surface area contributed by atoms with E-state index in [-0.39, 0.29) is 10.5 Å². The minimum Gasteiger partial charge on any atom is -0.465 e. The number of carbonyl (C=O) groups excluding carboxylic acids is 1. The molecule has 34 heavy (non-hydrogen) atoms. The molecule has 8 nitrogen and oxygen atoms in total. The minimum atomic E-state index is -3.98. The zero-order valence-electron chi connectivity index (χ0n) is 19.7. The molecule has 0 unspecified atom stereocenters. The maximum atomic E-state index is 13.6. The molecule has 0 amide bonds. The van der Waals surface area contributed by atoms with Crippen LogP contribution in [0.5, 0.6) is 0 Å². The number of piperidine rings is 1.